The molecule has 1 N–H and O–H groups in total. The lowest BCUT2D eigenvalue weighted by Crippen LogP contribution is -2.15. The van der Waals surface area contributed by atoms with Gasteiger partial charge in [-0.3, -0.25) is 0 Å². The largest absolute Gasteiger partial charge is 0.380 e. The van der Waals surface area contributed by atoms with E-state index in [4.69, 9.17) is 4.74 Å². The molecule has 1 aromatic carbocycles. The second kappa shape index (κ2) is 6.42. The van der Waals surface area contributed by atoms with E-state index in [1.165, 1.54) is 29.3 Å². The predicted octanol–water partition coefficient (Wildman–Crippen LogP) is 3.32. The normalized spacial score (nSPS) is 15.1. The molecule has 3 rings (SSSR count). The molecule has 3 nitrogen and oxygen atoms in total. The number of rotatable bonds is 8. The van der Waals surface area contributed by atoms with Crippen molar-refractivity contribution in [2.45, 2.75) is 45.3 Å². The summed E-state index contributed by atoms with van der Waals surface area (Å²) in [6, 6.07) is 9.72. The lowest BCUT2D eigenvalue weighted by molar-refractivity contribution is 0.127. The van der Waals surface area contributed by atoms with Gasteiger partial charge in [0, 0.05) is 37.5 Å². The van der Waals surface area contributed by atoms with Crippen LogP contribution < -0.4 is 5.32 Å². The fourth-order valence-electron chi connectivity index (χ4n) is 2.49. The quantitative estimate of drug-likeness (QED) is 0.746. The van der Waals surface area contributed by atoms with Crippen molar-refractivity contribution in [2.24, 2.45) is 0 Å². The molecule has 108 valence electrons. The molecular weight excluding hydrogens is 248 g/mol. The van der Waals surface area contributed by atoms with Crippen molar-refractivity contribution in [1.82, 2.24) is 9.88 Å². The predicted molar refractivity (Wildman–Crippen MR) is 82.9 cm³/mol. The van der Waals surface area contributed by atoms with E-state index in [1.807, 2.05) is 0 Å². The van der Waals surface area contributed by atoms with E-state index < -0.39 is 0 Å². The van der Waals surface area contributed by atoms with Crippen LogP contribution in [0.1, 0.15) is 31.7 Å². The molecule has 1 saturated carbocycles. The minimum absolute atomic E-state index is 0.764. The van der Waals surface area contributed by atoms with Crippen molar-refractivity contribution < 1.29 is 4.74 Å². The lowest BCUT2D eigenvalue weighted by Gasteiger charge is -2.08. The van der Waals surface area contributed by atoms with E-state index >= 15 is 0 Å². The van der Waals surface area contributed by atoms with Gasteiger partial charge in [0.2, 0.25) is 0 Å². The summed E-state index contributed by atoms with van der Waals surface area (Å²) in [5, 5.41) is 4.89. The number of aromatic nitrogens is 1. The van der Waals surface area contributed by atoms with Gasteiger partial charge in [-0.15, -0.1) is 0 Å². The molecule has 1 heterocycles. The number of nitrogens with one attached hydrogen (secondary N) is 1. The maximum Gasteiger partial charge on any atom is 0.0645 e. The molecule has 0 atom stereocenters. The number of hydrogen-bond donors (Lipinski definition) is 1. The monoisotopic (exact) mass is 272 g/mol. The molecule has 1 fully saturated rings. The van der Waals surface area contributed by atoms with Gasteiger partial charge in [0.05, 0.1) is 6.61 Å². The van der Waals surface area contributed by atoms with Crippen LogP contribution in [0.4, 0.5) is 0 Å². The molecule has 0 aliphatic heterocycles. The Morgan fingerprint density at radius 2 is 2.15 bits per heavy atom. The van der Waals surface area contributed by atoms with Crippen LogP contribution in [0.5, 0.6) is 0 Å². The zero-order valence-corrected chi connectivity index (χ0v) is 12.3. The summed E-state index contributed by atoms with van der Waals surface area (Å²) in [5.74, 6) is 0. The molecular formula is C17H24N2O. The van der Waals surface area contributed by atoms with Crippen LogP contribution in [0.2, 0.25) is 0 Å². The van der Waals surface area contributed by atoms with Gasteiger partial charge in [-0.1, -0.05) is 19.1 Å². The molecule has 1 aromatic heterocycles. The summed E-state index contributed by atoms with van der Waals surface area (Å²) in [6.07, 6.45) is 5.93. The van der Waals surface area contributed by atoms with Gasteiger partial charge in [-0.05, 0) is 42.3 Å². The van der Waals surface area contributed by atoms with Crippen molar-refractivity contribution in [1.29, 1.82) is 0 Å². The summed E-state index contributed by atoms with van der Waals surface area (Å²) in [7, 11) is 0. The zero-order valence-electron chi connectivity index (χ0n) is 12.3. The Hall–Kier alpha value is -1.32. The molecule has 2 aromatic rings. The Morgan fingerprint density at radius 1 is 1.25 bits per heavy atom. The third kappa shape index (κ3) is 3.41. The average molecular weight is 272 g/mol. The van der Waals surface area contributed by atoms with Crippen LogP contribution in [0.25, 0.3) is 10.9 Å². The van der Waals surface area contributed by atoms with Crippen molar-refractivity contribution in [3.05, 3.63) is 36.0 Å². The SMILES string of the molecule is CCCOCCn1ccc2ccc(CNC3CC3)cc21. The number of nitrogens with zero attached hydrogens (tertiary/aromatic N) is 1. The molecule has 1 aliphatic carbocycles. The Bertz CT molecular complexity index is 557. The minimum Gasteiger partial charge on any atom is -0.380 e. The van der Waals surface area contributed by atoms with Gasteiger partial charge in [-0.2, -0.15) is 0 Å². The molecule has 0 unspecified atom stereocenters. The molecule has 0 bridgehead atoms. The maximum absolute atomic E-state index is 5.59. The summed E-state index contributed by atoms with van der Waals surface area (Å²) in [5.41, 5.74) is 2.69. The third-order valence-corrected chi connectivity index (χ3v) is 3.84. The summed E-state index contributed by atoms with van der Waals surface area (Å²) in [4.78, 5) is 0. The summed E-state index contributed by atoms with van der Waals surface area (Å²) < 4.78 is 7.89. The van der Waals surface area contributed by atoms with Gasteiger partial charge >= 0.3 is 0 Å². The van der Waals surface area contributed by atoms with Crippen LogP contribution in [-0.2, 0) is 17.8 Å². The van der Waals surface area contributed by atoms with Gasteiger partial charge in [-0.25, -0.2) is 0 Å². The highest BCUT2D eigenvalue weighted by molar-refractivity contribution is 5.80. The highest BCUT2D eigenvalue weighted by atomic mass is 16.5. The fourth-order valence-corrected chi connectivity index (χ4v) is 2.49. The van der Waals surface area contributed by atoms with Crippen molar-refractivity contribution in [3.8, 4) is 0 Å². The highest BCUT2D eigenvalue weighted by Gasteiger charge is 2.19. The smallest absolute Gasteiger partial charge is 0.0645 e. The van der Waals surface area contributed by atoms with Crippen LogP contribution in [0.15, 0.2) is 30.5 Å². The highest BCUT2D eigenvalue weighted by Crippen LogP contribution is 2.21. The lowest BCUT2D eigenvalue weighted by atomic mass is 10.1. The second-order valence-electron chi connectivity index (χ2n) is 5.67. The maximum atomic E-state index is 5.59. The Kier molecular flexibility index (Phi) is 4.38. The third-order valence-electron chi connectivity index (χ3n) is 3.84. The molecule has 1 aliphatic rings. The van der Waals surface area contributed by atoms with Gasteiger partial charge in [0.1, 0.15) is 0 Å². The number of benzene rings is 1. The van der Waals surface area contributed by atoms with Crippen LogP contribution in [0, 0.1) is 0 Å². The van der Waals surface area contributed by atoms with E-state index in [0.717, 1.165) is 38.8 Å². The van der Waals surface area contributed by atoms with Gasteiger partial charge in [0.15, 0.2) is 0 Å². The Balaban J connectivity index is 1.66. The van der Waals surface area contributed by atoms with Gasteiger partial charge < -0.3 is 14.6 Å². The molecule has 0 saturated heterocycles. The standard InChI is InChI=1S/C17H24N2O/c1-2-10-20-11-9-19-8-7-15-4-3-14(12-17(15)19)13-18-16-5-6-16/h3-4,7-8,12,16,18H,2,5-6,9-11,13H2,1H3. The Labute approximate surface area is 120 Å². The van der Waals surface area contributed by atoms with Gasteiger partial charge in [0.25, 0.3) is 0 Å². The van der Waals surface area contributed by atoms with E-state index in [2.05, 4.69) is 47.3 Å². The molecule has 0 spiro atoms. The van der Waals surface area contributed by atoms with E-state index in [0.29, 0.717) is 0 Å². The summed E-state index contributed by atoms with van der Waals surface area (Å²) in [6.45, 7) is 5.71. The van der Waals surface area contributed by atoms with E-state index in [-0.39, 0.29) is 0 Å². The second-order valence-corrected chi connectivity index (χ2v) is 5.67. The van der Waals surface area contributed by atoms with E-state index in [9.17, 15) is 0 Å². The first kappa shape index (κ1) is 13.7. The van der Waals surface area contributed by atoms with Crippen molar-refractivity contribution >= 4 is 10.9 Å². The molecule has 3 heteroatoms. The topological polar surface area (TPSA) is 26.2 Å². The average Bonchev–Trinajstić information content (AvgIpc) is 3.22. The molecule has 0 amide bonds. The van der Waals surface area contributed by atoms with Crippen molar-refractivity contribution in [2.75, 3.05) is 13.2 Å². The number of fused-ring (bicyclic) bond motifs is 1. The van der Waals surface area contributed by atoms with Crippen LogP contribution in [0.3, 0.4) is 0 Å². The minimum atomic E-state index is 0.764. The Morgan fingerprint density at radius 3 is 2.95 bits per heavy atom. The first-order valence-electron chi connectivity index (χ1n) is 7.75. The first-order chi connectivity index (χ1) is 9.86. The zero-order chi connectivity index (χ0) is 13.8. The first-order valence-corrected chi connectivity index (χ1v) is 7.75. The van der Waals surface area contributed by atoms with E-state index in [1.54, 1.807) is 0 Å². The number of ether oxygens (including phenoxy) is 1. The molecule has 20 heavy (non-hydrogen) atoms. The fraction of sp³-hybridized carbons (Fsp3) is 0.529. The summed E-state index contributed by atoms with van der Waals surface area (Å²) >= 11 is 0. The molecule has 0 radical (unpaired) electrons. The van der Waals surface area contributed by atoms with Crippen LogP contribution >= 0.6 is 0 Å². The van der Waals surface area contributed by atoms with Crippen LogP contribution in [-0.4, -0.2) is 23.8 Å². The number of hydrogen-bond acceptors (Lipinski definition) is 2. The van der Waals surface area contributed by atoms with Crippen molar-refractivity contribution in [3.63, 3.8) is 0 Å².